The summed E-state index contributed by atoms with van der Waals surface area (Å²) in [5.74, 6) is 2.13. The van der Waals surface area contributed by atoms with E-state index in [9.17, 15) is 4.79 Å². The van der Waals surface area contributed by atoms with Crippen LogP contribution >= 0.6 is 0 Å². The van der Waals surface area contributed by atoms with Crippen molar-refractivity contribution < 1.29 is 9.53 Å². The number of hydrogen-bond donors (Lipinski definition) is 0. The lowest BCUT2D eigenvalue weighted by molar-refractivity contribution is -0.136. The number of benzene rings is 1. The van der Waals surface area contributed by atoms with Gasteiger partial charge in [0.05, 0.1) is 0 Å². The average molecular weight is 289 g/mol. The Labute approximate surface area is 128 Å². The van der Waals surface area contributed by atoms with E-state index < -0.39 is 0 Å². The van der Waals surface area contributed by atoms with Gasteiger partial charge in [0.2, 0.25) is 0 Å². The molecule has 1 saturated heterocycles. The van der Waals surface area contributed by atoms with Gasteiger partial charge in [0, 0.05) is 13.1 Å². The van der Waals surface area contributed by atoms with Gasteiger partial charge in [-0.25, -0.2) is 0 Å². The molecule has 1 aromatic rings. The average Bonchev–Trinajstić information content (AvgIpc) is 2.35. The molecule has 1 fully saturated rings. The van der Waals surface area contributed by atoms with E-state index in [1.54, 1.807) is 0 Å². The Bertz CT molecular complexity index is 491. The van der Waals surface area contributed by atoms with E-state index >= 15 is 0 Å². The Balaban J connectivity index is 1.98. The number of carbonyl (C=O) groups excluding carboxylic acids is 1. The number of carbonyl (C=O) groups is 1. The first-order valence-corrected chi connectivity index (χ1v) is 7.85. The molecule has 1 aliphatic rings. The standard InChI is InChI=1S/C18H27NO2/c1-12-7-15(4)18(16(5)8-12)21-11-17(20)19-9-13(2)6-14(3)10-19/h7-8,13-14H,6,9-11H2,1-5H3. The lowest BCUT2D eigenvalue weighted by atomic mass is 9.92. The van der Waals surface area contributed by atoms with Gasteiger partial charge in [0.25, 0.3) is 5.91 Å². The summed E-state index contributed by atoms with van der Waals surface area (Å²) >= 11 is 0. The van der Waals surface area contributed by atoms with Crippen molar-refractivity contribution in [1.82, 2.24) is 4.90 Å². The number of hydrogen-bond acceptors (Lipinski definition) is 2. The number of amides is 1. The maximum Gasteiger partial charge on any atom is 0.260 e. The normalized spacial score (nSPS) is 22.2. The number of likely N-dealkylation sites (tertiary alicyclic amines) is 1. The number of piperidine rings is 1. The van der Waals surface area contributed by atoms with E-state index in [2.05, 4.69) is 32.9 Å². The molecule has 0 aliphatic carbocycles. The molecule has 1 aliphatic heterocycles. The van der Waals surface area contributed by atoms with Gasteiger partial charge in [-0.05, 0) is 50.2 Å². The van der Waals surface area contributed by atoms with Crippen LogP contribution in [0.2, 0.25) is 0 Å². The Morgan fingerprint density at radius 1 is 1.14 bits per heavy atom. The van der Waals surface area contributed by atoms with Crippen LogP contribution in [-0.2, 0) is 4.79 Å². The fourth-order valence-corrected chi connectivity index (χ4v) is 3.49. The third-order valence-electron chi connectivity index (χ3n) is 4.17. The van der Waals surface area contributed by atoms with Gasteiger partial charge < -0.3 is 9.64 Å². The van der Waals surface area contributed by atoms with Crippen LogP contribution in [0.4, 0.5) is 0 Å². The predicted molar refractivity (Wildman–Crippen MR) is 85.7 cm³/mol. The Hall–Kier alpha value is -1.51. The highest BCUT2D eigenvalue weighted by Crippen LogP contribution is 2.25. The van der Waals surface area contributed by atoms with Crippen LogP contribution in [0, 0.1) is 32.6 Å². The topological polar surface area (TPSA) is 29.5 Å². The summed E-state index contributed by atoms with van der Waals surface area (Å²) in [6.45, 7) is 12.4. The summed E-state index contributed by atoms with van der Waals surface area (Å²) in [6.07, 6.45) is 1.21. The van der Waals surface area contributed by atoms with E-state index in [0.29, 0.717) is 11.8 Å². The maximum atomic E-state index is 12.4. The molecular weight excluding hydrogens is 262 g/mol. The van der Waals surface area contributed by atoms with E-state index in [1.807, 2.05) is 18.7 Å². The molecule has 3 nitrogen and oxygen atoms in total. The second-order valence-electron chi connectivity index (χ2n) is 6.76. The van der Waals surface area contributed by atoms with Crippen molar-refractivity contribution in [2.45, 2.75) is 41.0 Å². The molecule has 0 radical (unpaired) electrons. The van der Waals surface area contributed by atoms with Crippen LogP contribution in [0.5, 0.6) is 5.75 Å². The Kier molecular flexibility index (Phi) is 4.92. The van der Waals surface area contributed by atoms with Crippen LogP contribution in [0.15, 0.2) is 12.1 Å². The molecule has 0 bridgehead atoms. The smallest absolute Gasteiger partial charge is 0.260 e. The highest BCUT2D eigenvalue weighted by atomic mass is 16.5. The lowest BCUT2D eigenvalue weighted by Crippen LogP contribution is -2.44. The fourth-order valence-electron chi connectivity index (χ4n) is 3.49. The minimum absolute atomic E-state index is 0.104. The van der Waals surface area contributed by atoms with E-state index in [-0.39, 0.29) is 12.5 Å². The maximum absolute atomic E-state index is 12.4. The largest absolute Gasteiger partial charge is 0.483 e. The SMILES string of the molecule is Cc1cc(C)c(OCC(=O)N2CC(C)CC(C)C2)c(C)c1. The molecule has 2 rings (SSSR count). The van der Waals surface area contributed by atoms with Crippen molar-refractivity contribution >= 4 is 5.91 Å². The zero-order valence-corrected chi connectivity index (χ0v) is 13.9. The zero-order valence-electron chi connectivity index (χ0n) is 13.9. The number of aryl methyl sites for hydroxylation is 3. The van der Waals surface area contributed by atoms with Crippen molar-refractivity contribution in [2.24, 2.45) is 11.8 Å². The molecule has 21 heavy (non-hydrogen) atoms. The Morgan fingerprint density at radius 2 is 1.67 bits per heavy atom. The first-order valence-electron chi connectivity index (χ1n) is 7.85. The minimum atomic E-state index is 0.104. The van der Waals surface area contributed by atoms with Crippen LogP contribution < -0.4 is 4.74 Å². The van der Waals surface area contributed by atoms with Gasteiger partial charge in [-0.1, -0.05) is 31.5 Å². The molecule has 2 atom stereocenters. The van der Waals surface area contributed by atoms with Gasteiger partial charge >= 0.3 is 0 Å². The zero-order chi connectivity index (χ0) is 15.6. The molecule has 2 unspecified atom stereocenters. The summed E-state index contributed by atoms with van der Waals surface area (Å²) in [4.78, 5) is 14.3. The molecule has 1 aromatic carbocycles. The van der Waals surface area contributed by atoms with Gasteiger partial charge in [0.15, 0.2) is 6.61 Å². The molecule has 0 saturated carbocycles. The molecule has 0 spiro atoms. The monoisotopic (exact) mass is 289 g/mol. The van der Waals surface area contributed by atoms with Crippen LogP contribution in [0.3, 0.4) is 0 Å². The van der Waals surface area contributed by atoms with Gasteiger partial charge in [0.1, 0.15) is 5.75 Å². The first kappa shape index (κ1) is 15.9. The van der Waals surface area contributed by atoms with Crippen molar-refractivity contribution in [3.05, 3.63) is 28.8 Å². The predicted octanol–water partition coefficient (Wildman–Crippen LogP) is 3.50. The van der Waals surface area contributed by atoms with Crippen molar-refractivity contribution in [2.75, 3.05) is 19.7 Å². The molecular formula is C18H27NO2. The summed E-state index contributed by atoms with van der Waals surface area (Å²) in [6, 6.07) is 4.19. The summed E-state index contributed by atoms with van der Waals surface area (Å²) in [5, 5.41) is 0. The third kappa shape index (κ3) is 3.99. The van der Waals surface area contributed by atoms with Crippen molar-refractivity contribution in [3.63, 3.8) is 0 Å². The Morgan fingerprint density at radius 3 is 2.19 bits per heavy atom. The highest BCUT2D eigenvalue weighted by molar-refractivity contribution is 5.78. The lowest BCUT2D eigenvalue weighted by Gasteiger charge is -2.35. The number of ether oxygens (including phenoxy) is 1. The first-order chi connectivity index (χ1) is 9.86. The van der Waals surface area contributed by atoms with Gasteiger partial charge in [-0.15, -0.1) is 0 Å². The molecule has 1 amide bonds. The quantitative estimate of drug-likeness (QED) is 0.852. The molecule has 1 heterocycles. The number of rotatable bonds is 3. The molecule has 116 valence electrons. The van der Waals surface area contributed by atoms with Gasteiger partial charge in [-0.3, -0.25) is 4.79 Å². The summed E-state index contributed by atoms with van der Waals surface area (Å²) in [7, 11) is 0. The molecule has 0 aromatic heterocycles. The fraction of sp³-hybridized carbons (Fsp3) is 0.611. The summed E-state index contributed by atoms with van der Waals surface area (Å²) < 4.78 is 5.82. The van der Waals surface area contributed by atoms with E-state index in [1.165, 1.54) is 12.0 Å². The highest BCUT2D eigenvalue weighted by Gasteiger charge is 2.25. The van der Waals surface area contributed by atoms with Crippen molar-refractivity contribution in [3.8, 4) is 5.75 Å². The second kappa shape index (κ2) is 6.50. The van der Waals surface area contributed by atoms with Crippen LogP contribution in [0.25, 0.3) is 0 Å². The minimum Gasteiger partial charge on any atom is -0.483 e. The molecule has 0 N–H and O–H groups in total. The second-order valence-corrected chi connectivity index (χ2v) is 6.76. The number of nitrogens with zero attached hydrogens (tertiary/aromatic N) is 1. The van der Waals surface area contributed by atoms with Crippen LogP contribution in [0.1, 0.15) is 37.0 Å². The van der Waals surface area contributed by atoms with E-state index in [0.717, 1.165) is 30.0 Å². The summed E-state index contributed by atoms with van der Waals surface area (Å²) in [5.41, 5.74) is 3.42. The molecule has 3 heteroatoms. The van der Waals surface area contributed by atoms with Gasteiger partial charge in [-0.2, -0.15) is 0 Å². The van der Waals surface area contributed by atoms with Crippen molar-refractivity contribution in [1.29, 1.82) is 0 Å². The van der Waals surface area contributed by atoms with E-state index in [4.69, 9.17) is 4.74 Å². The van der Waals surface area contributed by atoms with Crippen LogP contribution in [-0.4, -0.2) is 30.5 Å². The third-order valence-corrected chi connectivity index (χ3v) is 4.17.